The molecule has 0 atom stereocenters. The zero-order valence-corrected chi connectivity index (χ0v) is 20.4. The predicted octanol–water partition coefficient (Wildman–Crippen LogP) is 5.47. The second-order valence-corrected chi connectivity index (χ2v) is 8.94. The average molecular weight is 499 g/mol. The minimum atomic E-state index is -0.602. The number of H-pyrrole nitrogens is 1. The lowest BCUT2D eigenvalue weighted by Crippen LogP contribution is -2.20. The molecule has 0 aliphatic rings. The van der Waals surface area contributed by atoms with E-state index in [9.17, 15) is 9.59 Å². The van der Waals surface area contributed by atoms with E-state index < -0.39 is 18.5 Å². The summed E-state index contributed by atoms with van der Waals surface area (Å²) in [5, 5.41) is 4.91. The Hall–Kier alpha value is -4.50. The molecule has 8 nitrogen and oxygen atoms in total. The highest BCUT2D eigenvalue weighted by Gasteiger charge is 2.14. The van der Waals surface area contributed by atoms with Crippen LogP contribution in [0.1, 0.15) is 15.9 Å². The van der Waals surface area contributed by atoms with Crippen LogP contribution in [-0.4, -0.2) is 40.5 Å². The Morgan fingerprint density at radius 2 is 1.83 bits per heavy atom. The smallest absolute Gasteiger partial charge is 0.338 e. The Morgan fingerprint density at radius 1 is 1.00 bits per heavy atom. The summed E-state index contributed by atoms with van der Waals surface area (Å²) in [6.45, 7) is 1.60. The number of benzene rings is 3. The number of carbonyl (C=O) groups excluding carboxylic acids is 2. The summed E-state index contributed by atoms with van der Waals surface area (Å²) in [4.78, 5) is 37.1. The van der Waals surface area contributed by atoms with E-state index in [1.165, 1.54) is 11.3 Å². The molecule has 180 valence electrons. The van der Waals surface area contributed by atoms with Crippen LogP contribution in [-0.2, 0) is 9.53 Å². The quantitative estimate of drug-likeness (QED) is 0.288. The van der Waals surface area contributed by atoms with Crippen LogP contribution in [0.3, 0.4) is 0 Å². The fourth-order valence-electron chi connectivity index (χ4n) is 3.60. The minimum Gasteiger partial charge on any atom is -0.497 e. The summed E-state index contributed by atoms with van der Waals surface area (Å²) < 4.78 is 10.5. The van der Waals surface area contributed by atoms with Crippen LogP contribution in [0.15, 0.2) is 72.1 Å². The van der Waals surface area contributed by atoms with Gasteiger partial charge in [0.25, 0.3) is 5.91 Å². The zero-order valence-electron chi connectivity index (χ0n) is 19.6. The van der Waals surface area contributed by atoms with E-state index in [1.807, 2.05) is 60.8 Å². The van der Waals surface area contributed by atoms with Gasteiger partial charge in [0.05, 0.1) is 29.4 Å². The molecule has 0 radical (unpaired) electrons. The first-order valence-corrected chi connectivity index (χ1v) is 12.0. The summed E-state index contributed by atoms with van der Waals surface area (Å²) in [6.07, 6.45) is 0. The maximum atomic E-state index is 12.5. The van der Waals surface area contributed by atoms with Crippen LogP contribution in [0.2, 0.25) is 0 Å². The second-order valence-electron chi connectivity index (χ2n) is 8.08. The van der Waals surface area contributed by atoms with Crippen LogP contribution in [0.4, 0.5) is 5.13 Å². The molecule has 2 heterocycles. The van der Waals surface area contributed by atoms with Crippen molar-refractivity contribution in [2.45, 2.75) is 6.92 Å². The van der Waals surface area contributed by atoms with Gasteiger partial charge in [0.2, 0.25) is 0 Å². The molecule has 9 heteroatoms. The number of ether oxygens (including phenoxy) is 2. The number of fused-ring (bicyclic) bond motifs is 1. The monoisotopic (exact) mass is 498 g/mol. The first-order chi connectivity index (χ1) is 17.5. The van der Waals surface area contributed by atoms with Crippen LogP contribution in [0.5, 0.6) is 5.75 Å². The normalized spacial score (nSPS) is 10.8. The Balaban J connectivity index is 1.20. The largest absolute Gasteiger partial charge is 0.497 e. The number of carbonyl (C=O) groups is 2. The summed E-state index contributed by atoms with van der Waals surface area (Å²) in [6, 6.07) is 20.5. The van der Waals surface area contributed by atoms with Gasteiger partial charge in [0, 0.05) is 16.5 Å². The summed E-state index contributed by atoms with van der Waals surface area (Å²) in [7, 11) is 1.60. The Bertz CT molecular complexity index is 1560. The van der Waals surface area contributed by atoms with Gasteiger partial charge in [0.1, 0.15) is 11.6 Å². The molecule has 3 aromatic carbocycles. The van der Waals surface area contributed by atoms with Gasteiger partial charge in [-0.25, -0.2) is 14.8 Å². The van der Waals surface area contributed by atoms with Gasteiger partial charge < -0.3 is 14.5 Å². The highest BCUT2D eigenvalue weighted by molar-refractivity contribution is 7.14. The number of thiazole rings is 1. The lowest BCUT2D eigenvalue weighted by molar-refractivity contribution is -0.119. The number of aryl methyl sites for hydroxylation is 1. The molecule has 2 aromatic heterocycles. The number of esters is 1. The van der Waals surface area contributed by atoms with Crippen LogP contribution < -0.4 is 10.1 Å². The molecule has 0 spiro atoms. The Kier molecular flexibility index (Phi) is 6.46. The van der Waals surface area contributed by atoms with Crippen molar-refractivity contribution >= 4 is 39.4 Å². The number of amides is 1. The van der Waals surface area contributed by atoms with Crippen molar-refractivity contribution in [1.82, 2.24) is 15.0 Å². The van der Waals surface area contributed by atoms with Crippen molar-refractivity contribution in [1.29, 1.82) is 0 Å². The molecular weight excluding hydrogens is 476 g/mol. The van der Waals surface area contributed by atoms with Crippen molar-refractivity contribution in [2.24, 2.45) is 0 Å². The number of aromatic nitrogens is 3. The summed E-state index contributed by atoms with van der Waals surface area (Å²) in [5.74, 6) is 0.359. The van der Waals surface area contributed by atoms with E-state index in [-0.39, 0.29) is 0 Å². The highest BCUT2D eigenvalue weighted by Crippen LogP contribution is 2.27. The molecule has 0 aliphatic heterocycles. The van der Waals surface area contributed by atoms with E-state index in [0.717, 1.165) is 28.0 Å². The van der Waals surface area contributed by atoms with Crippen LogP contribution in [0, 0.1) is 6.92 Å². The molecule has 0 fully saturated rings. The number of hydrogen-bond acceptors (Lipinski definition) is 7. The van der Waals surface area contributed by atoms with Gasteiger partial charge in [-0.3, -0.25) is 10.1 Å². The Labute approximate surface area is 210 Å². The fraction of sp³-hybridized carbons (Fsp3) is 0.111. The first kappa shape index (κ1) is 23.3. The molecular formula is C27H22N4O4S. The number of nitrogens with zero attached hydrogens (tertiary/aromatic N) is 2. The third-order valence-electron chi connectivity index (χ3n) is 5.49. The van der Waals surface area contributed by atoms with Gasteiger partial charge >= 0.3 is 5.97 Å². The maximum absolute atomic E-state index is 12.5. The van der Waals surface area contributed by atoms with Gasteiger partial charge in [-0.2, -0.15) is 0 Å². The van der Waals surface area contributed by atoms with Crippen molar-refractivity contribution < 1.29 is 19.1 Å². The number of nitrogens with one attached hydrogen (secondary N) is 2. The predicted molar refractivity (Wildman–Crippen MR) is 139 cm³/mol. The van der Waals surface area contributed by atoms with Crippen molar-refractivity contribution in [2.75, 3.05) is 19.0 Å². The van der Waals surface area contributed by atoms with Gasteiger partial charge in [-0.1, -0.05) is 42.0 Å². The molecule has 0 saturated heterocycles. The van der Waals surface area contributed by atoms with Crippen molar-refractivity contribution in [3.05, 3.63) is 83.2 Å². The molecule has 0 aliphatic carbocycles. The third kappa shape index (κ3) is 5.11. The molecule has 0 saturated carbocycles. The number of aromatic amines is 1. The Morgan fingerprint density at radius 3 is 2.64 bits per heavy atom. The van der Waals surface area contributed by atoms with E-state index in [0.29, 0.717) is 27.7 Å². The van der Waals surface area contributed by atoms with Gasteiger partial charge in [-0.15, -0.1) is 11.3 Å². The first-order valence-electron chi connectivity index (χ1n) is 11.1. The zero-order chi connectivity index (χ0) is 25.1. The number of anilines is 1. The molecule has 5 rings (SSSR count). The minimum absolute atomic E-state index is 0.323. The number of rotatable bonds is 7. The number of hydrogen-bond donors (Lipinski definition) is 2. The maximum Gasteiger partial charge on any atom is 0.338 e. The standard InChI is InChI=1S/C27H22N4O4S/c1-16-6-8-17(9-7-16)25-28-21-11-10-19(13-22(21)29-25)26(33)35-14-24(32)31-27-30-23(15-36-27)18-4-3-5-20(12-18)34-2/h3-13,15H,14H2,1-2H3,(H,28,29)(H,30,31,32). The molecule has 2 N–H and O–H groups in total. The van der Waals surface area contributed by atoms with Crippen molar-refractivity contribution in [3.63, 3.8) is 0 Å². The topological polar surface area (TPSA) is 106 Å². The second kappa shape index (κ2) is 10.0. The number of imidazole rings is 1. The van der Waals surface area contributed by atoms with E-state index in [1.54, 1.807) is 25.3 Å². The molecule has 1 amide bonds. The summed E-state index contributed by atoms with van der Waals surface area (Å²) in [5.41, 5.74) is 5.46. The number of methoxy groups -OCH3 is 1. The van der Waals surface area contributed by atoms with Crippen LogP contribution in [0.25, 0.3) is 33.7 Å². The lowest BCUT2D eigenvalue weighted by Gasteiger charge is -2.05. The van der Waals surface area contributed by atoms with E-state index in [2.05, 4.69) is 20.3 Å². The van der Waals surface area contributed by atoms with E-state index in [4.69, 9.17) is 9.47 Å². The lowest BCUT2D eigenvalue weighted by atomic mass is 10.1. The van der Waals surface area contributed by atoms with E-state index >= 15 is 0 Å². The molecule has 5 aromatic rings. The van der Waals surface area contributed by atoms with Gasteiger partial charge in [-0.05, 0) is 37.3 Å². The third-order valence-corrected chi connectivity index (χ3v) is 6.25. The van der Waals surface area contributed by atoms with Crippen molar-refractivity contribution in [3.8, 4) is 28.4 Å². The van der Waals surface area contributed by atoms with Crippen LogP contribution >= 0.6 is 11.3 Å². The molecule has 36 heavy (non-hydrogen) atoms. The SMILES string of the molecule is COc1cccc(-c2csc(NC(=O)COC(=O)c3ccc4nc(-c5ccc(C)cc5)[nH]c4c3)n2)c1. The molecule has 0 bridgehead atoms. The van der Waals surface area contributed by atoms with Gasteiger partial charge in [0.15, 0.2) is 11.7 Å². The fourth-order valence-corrected chi connectivity index (χ4v) is 4.34. The summed E-state index contributed by atoms with van der Waals surface area (Å²) >= 11 is 1.28. The average Bonchev–Trinajstić information content (AvgIpc) is 3.54. The molecule has 0 unspecified atom stereocenters. The highest BCUT2D eigenvalue weighted by atomic mass is 32.1.